The van der Waals surface area contributed by atoms with Crippen molar-refractivity contribution in [3.63, 3.8) is 0 Å². The first kappa shape index (κ1) is 15.4. The van der Waals surface area contributed by atoms with E-state index in [0.717, 1.165) is 10.9 Å². The first-order valence-corrected chi connectivity index (χ1v) is 8.26. The summed E-state index contributed by atoms with van der Waals surface area (Å²) in [5.41, 5.74) is -0.00347. The van der Waals surface area contributed by atoms with Crippen LogP contribution in [0, 0.1) is 11.8 Å². The zero-order chi connectivity index (χ0) is 17.2. The molecule has 2 aliphatic rings. The van der Waals surface area contributed by atoms with Crippen molar-refractivity contribution in [2.45, 2.75) is 44.8 Å². The summed E-state index contributed by atoms with van der Waals surface area (Å²) in [6.07, 6.45) is -0.413. The van der Waals surface area contributed by atoms with Crippen molar-refractivity contribution in [2.75, 3.05) is 0 Å². The third-order valence-corrected chi connectivity index (χ3v) is 5.55. The summed E-state index contributed by atoms with van der Waals surface area (Å²) in [6, 6.07) is 6.59. The number of hydrogen-bond donors (Lipinski definition) is 1. The van der Waals surface area contributed by atoms with Gasteiger partial charge in [-0.15, -0.1) is 0 Å². The number of benzene rings is 1. The summed E-state index contributed by atoms with van der Waals surface area (Å²) in [6.45, 7) is 5.66. The zero-order valence-corrected chi connectivity index (χ0v) is 13.9. The van der Waals surface area contributed by atoms with E-state index in [1.165, 1.54) is 6.07 Å². The second-order valence-electron chi connectivity index (χ2n) is 7.52. The van der Waals surface area contributed by atoms with Gasteiger partial charge in [0.25, 0.3) is 0 Å². The second kappa shape index (κ2) is 4.93. The molecular weight excluding hydrogens is 308 g/mol. The van der Waals surface area contributed by atoms with Gasteiger partial charge in [-0.2, -0.15) is 0 Å². The molecule has 1 aromatic carbocycles. The van der Waals surface area contributed by atoms with Crippen molar-refractivity contribution in [1.82, 2.24) is 0 Å². The van der Waals surface area contributed by atoms with Crippen molar-refractivity contribution < 1.29 is 19.1 Å². The van der Waals surface area contributed by atoms with Crippen molar-refractivity contribution in [3.05, 3.63) is 40.2 Å². The van der Waals surface area contributed by atoms with E-state index in [2.05, 4.69) is 0 Å². The van der Waals surface area contributed by atoms with E-state index in [9.17, 15) is 14.7 Å². The molecule has 1 aliphatic heterocycles. The summed E-state index contributed by atoms with van der Waals surface area (Å²) in [4.78, 5) is 24.6. The van der Waals surface area contributed by atoms with E-state index in [1.54, 1.807) is 12.1 Å². The van der Waals surface area contributed by atoms with Gasteiger partial charge in [-0.1, -0.05) is 6.92 Å². The van der Waals surface area contributed by atoms with Crippen LogP contribution in [0.4, 0.5) is 0 Å². The third-order valence-electron chi connectivity index (χ3n) is 5.55. The van der Waals surface area contributed by atoms with E-state index in [0.29, 0.717) is 17.8 Å². The molecule has 0 saturated heterocycles. The normalized spacial score (nSPS) is 31.2. The molecule has 5 heteroatoms. The lowest BCUT2D eigenvalue weighted by Crippen LogP contribution is -2.41. The summed E-state index contributed by atoms with van der Waals surface area (Å²) in [7, 11) is 0. The Morgan fingerprint density at radius 2 is 1.96 bits per heavy atom. The molecule has 0 unspecified atom stereocenters. The molecule has 2 aromatic rings. The van der Waals surface area contributed by atoms with Gasteiger partial charge in [0, 0.05) is 23.1 Å². The average Bonchev–Trinajstić information content (AvgIpc) is 2.75. The zero-order valence-electron chi connectivity index (χ0n) is 13.9. The van der Waals surface area contributed by atoms with Crippen LogP contribution in [0.3, 0.4) is 0 Å². The number of ether oxygens (including phenoxy) is 1. The summed E-state index contributed by atoms with van der Waals surface area (Å²) in [5, 5.41) is 11.2. The minimum atomic E-state index is -0.788. The van der Waals surface area contributed by atoms with Crippen LogP contribution in [0.1, 0.15) is 32.8 Å². The average molecular weight is 328 g/mol. The van der Waals surface area contributed by atoms with Crippen LogP contribution in [0.2, 0.25) is 0 Å². The standard InChI is InChI=1S/C19H20O5/c1-9-6-14-16(17(9)21)18(22)19(2,3)11-7-10-4-5-15(20)24-12(10)8-13(11)23-14/h4-5,7-9,14,16-17,21H,6H2,1-3H3/t9-,14-,16+,17-/m0/s1. The Kier molecular flexibility index (Phi) is 3.16. The van der Waals surface area contributed by atoms with Gasteiger partial charge in [0.1, 0.15) is 17.4 Å². The molecule has 0 bridgehead atoms. The maximum absolute atomic E-state index is 13.1. The van der Waals surface area contributed by atoms with Gasteiger partial charge < -0.3 is 14.3 Å². The molecule has 1 N–H and O–H groups in total. The predicted octanol–water partition coefficient (Wildman–Crippen LogP) is 2.42. The first-order chi connectivity index (χ1) is 11.3. The quantitative estimate of drug-likeness (QED) is 0.752. The lowest BCUT2D eigenvalue weighted by Gasteiger charge is -2.27. The van der Waals surface area contributed by atoms with Crippen LogP contribution in [0.25, 0.3) is 11.0 Å². The van der Waals surface area contributed by atoms with E-state index in [-0.39, 0.29) is 17.8 Å². The number of rotatable bonds is 0. The van der Waals surface area contributed by atoms with Gasteiger partial charge >= 0.3 is 5.63 Å². The molecule has 1 fully saturated rings. The van der Waals surface area contributed by atoms with Crippen LogP contribution < -0.4 is 10.4 Å². The molecule has 24 heavy (non-hydrogen) atoms. The Morgan fingerprint density at radius 1 is 1.21 bits per heavy atom. The molecule has 1 aromatic heterocycles. The fourth-order valence-electron chi connectivity index (χ4n) is 4.07. The fourth-order valence-corrected chi connectivity index (χ4v) is 4.07. The Morgan fingerprint density at radius 3 is 2.71 bits per heavy atom. The Labute approximate surface area is 139 Å². The van der Waals surface area contributed by atoms with E-state index >= 15 is 0 Å². The Bertz CT molecular complexity index is 894. The lowest BCUT2D eigenvalue weighted by atomic mass is 9.74. The van der Waals surface area contributed by atoms with Crippen molar-refractivity contribution >= 4 is 16.8 Å². The number of Topliss-reactive ketones (excluding diaryl/α,β-unsaturated/α-hetero) is 1. The number of aliphatic hydroxyl groups excluding tert-OH is 1. The molecule has 0 radical (unpaired) electrons. The van der Waals surface area contributed by atoms with Gasteiger partial charge in [0.2, 0.25) is 0 Å². The van der Waals surface area contributed by atoms with E-state index in [4.69, 9.17) is 9.15 Å². The smallest absolute Gasteiger partial charge is 0.336 e. The maximum atomic E-state index is 13.1. The topological polar surface area (TPSA) is 76.7 Å². The van der Waals surface area contributed by atoms with Crippen LogP contribution in [0.5, 0.6) is 5.75 Å². The monoisotopic (exact) mass is 328 g/mol. The van der Waals surface area contributed by atoms with Crippen LogP contribution in [0.15, 0.2) is 33.5 Å². The third kappa shape index (κ3) is 2.04. The fraction of sp³-hybridized carbons (Fsp3) is 0.474. The summed E-state index contributed by atoms with van der Waals surface area (Å²) >= 11 is 0. The van der Waals surface area contributed by atoms with Gasteiger partial charge in [-0.25, -0.2) is 4.79 Å². The number of fused-ring (bicyclic) bond motifs is 3. The molecule has 0 amide bonds. The SMILES string of the molecule is C[C@H]1C[C@@H]2Oc3cc4oc(=O)ccc4cc3C(C)(C)C(=O)[C@H]2[C@H]1O. The molecule has 4 rings (SSSR count). The molecule has 1 saturated carbocycles. The van der Waals surface area contributed by atoms with Crippen molar-refractivity contribution in [2.24, 2.45) is 11.8 Å². The van der Waals surface area contributed by atoms with Gasteiger partial charge in [0.15, 0.2) is 5.78 Å². The second-order valence-corrected chi connectivity index (χ2v) is 7.52. The molecule has 5 nitrogen and oxygen atoms in total. The van der Waals surface area contributed by atoms with Crippen LogP contribution in [-0.4, -0.2) is 23.1 Å². The van der Waals surface area contributed by atoms with Gasteiger partial charge in [-0.05, 0) is 38.3 Å². The highest BCUT2D eigenvalue weighted by Crippen LogP contribution is 2.46. The first-order valence-electron chi connectivity index (χ1n) is 8.26. The lowest BCUT2D eigenvalue weighted by molar-refractivity contribution is -0.132. The number of carbonyl (C=O) groups excluding carboxylic acids is 1. The molecule has 1 aliphatic carbocycles. The summed E-state index contributed by atoms with van der Waals surface area (Å²) < 4.78 is 11.4. The minimum absolute atomic E-state index is 0.000154. The highest BCUT2D eigenvalue weighted by molar-refractivity contribution is 5.95. The Hall–Kier alpha value is -2.14. The van der Waals surface area contributed by atoms with Crippen molar-refractivity contribution in [3.8, 4) is 5.75 Å². The molecule has 0 spiro atoms. The molecule has 4 atom stereocenters. The largest absolute Gasteiger partial charge is 0.489 e. The van der Waals surface area contributed by atoms with Crippen molar-refractivity contribution in [1.29, 1.82) is 0 Å². The maximum Gasteiger partial charge on any atom is 0.336 e. The Balaban J connectivity index is 1.94. The summed E-state index contributed by atoms with van der Waals surface area (Å²) in [5.74, 6) is 0.0426. The molecule has 126 valence electrons. The molecular formula is C19H20O5. The van der Waals surface area contributed by atoms with Crippen LogP contribution in [-0.2, 0) is 10.2 Å². The number of ketones is 1. The van der Waals surface area contributed by atoms with Gasteiger partial charge in [-0.3, -0.25) is 4.79 Å². The number of hydrogen-bond acceptors (Lipinski definition) is 5. The minimum Gasteiger partial charge on any atom is -0.489 e. The predicted molar refractivity (Wildman–Crippen MR) is 88.2 cm³/mol. The van der Waals surface area contributed by atoms with Crippen LogP contribution >= 0.6 is 0 Å². The van der Waals surface area contributed by atoms with E-state index < -0.39 is 23.1 Å². The number of aliphatic hydroxyl groups is 1. The molecule has 2 heterocycles. The highest BCUT2D eigenvalue weighted by Gasteiger charge is 2.52. The van der Waals surface area contributed by atoms with E-state index in [1.807, 2.05) is 26.8 Å². The number of carbonyl (C=O) groups is 1. The highest BCUT2D eigenvalue weighted by atomic mass is 16.5. The van der Waals surface area contributed by atoms with Gasteiger partial charge in [0.05, 0.1) is 17.4 Å².